The Morgan fingerprint density at radius 2 is 2.20 bits per heavy atom. The molecule has 20 heavy (non-hydrogen) atoms. The van der Waals surface area contributed by atoms with Crippen molar-refractivity contribution in [2.75, 3.05) is 11.4 Å². The SMILES string of the molecule is CC1CN(C(=O)C[C@@H]2CCC[C@H]2N)c2ccccc2O1. The molecule has 2 aliphatic rings. The van der Waals surface area contributed by atoms with E-state index >= 15 is 0 Å². The molecule has 1 unspecified atom stereocenters. The first-order valence-corrected chi connectivity index (χ1v) is 7.47. The molecule has 1 heterocycles. The number of amides is 1. The first-order chi connectivity index (χ1) is 9.65. The number of benzene rings is 1. The summed E-state index contributed by atoms with van der Waals surface area (Å²) in [5.41, 5.74) is 6.97. The van der Waals surface area contributed by atoms with Gasteiger partial charge >= 0.3 is 0 Å². The Bertz CT molecular complexity index is 503. The summed E-state index contributed by atoms with van der Waals surface area (Å²) in [6, 6.07) is 7.94. The Morgan fingerprint density at radius 3 is 2.95 bits per heavy atom. The highest BCUT2D eigenvalue weighted by Gasteiger charge is 2.31. The van der Waals surface area contributed by atoms with Gasteiger partial charge < -0.3 is 15.4 Å². The Kier molecular flexibility index (Phi) is 3.66. The molecule has 0 aromatic heterocycles. The minimum atomic E-state index is 0.0334. The van der Waals surface area contributed by atoms with Crippen LogP contribution in [-0.2, 0) is 4.79 Å². The standard InChI is InChI=1S/C16H22N2O2/c1-11-10-18(14-7-2-3-8-15(14)20-11)16(19)9-12-5-4-6-13(12)17/h2-3,7-8,11-13H,4-6,9-10,17H2,1H3/t11?,12-,13+/m0/s1. The van der Waals surface area contributed by atoms with E-state index in [1.165, 1.54) is 0 Å². The van der Waals surface area contributed by atoms with Crippen LogP contribution in [0, 0.1) is 5.92 Å². The molecule has 1 aliphatic heterocycles. The lowest BCUT2D eigenvalue weighted by Gasteiger charge is -2.34. The van der Waals surface area contributed by atoms with Crippen LogP contribution in [0.1, 0.15) is 32.6 Å². The highest BCUT2D eigenvalue weighted by Crippen LogP contribution is 2.35. The molecular formula is C16H22N2O2. The van der Waals surface area contributed by atoms with Crippen LogP contribution >= 0.6 is 0 Å². The summed E-state index contributed by atoms with van der Waals surface area (Å²) in [4.78, 5) is 14.5. The van der Waals surface area contributed by atoms with Crippen molar-refractivity contribution in [2.45, 2.75) is 44.8 Å². The number of ether oxygens (including phenoxy) is 1. The van der Waals surface area contributed by atoms with Crippen molar-refractivity contribution in [3.05, 3.63) is 24.3 Å². The smallest absolute Gasteiger partial charge is 0.227 e. The zero-order chi connectivity index (χ0) is 14.1. The maximum Gasteiger partial charge on any atom is 0.227 e. The minimum absolute atomic E-state index is 0.0334. The zero-order valence-corrected chi connectivity index (χ0v) is 11.9. The highest BCUT2D eigenvalue weighted by atomic mass is 16.5. The average Bonchev–Trinajstić information content (AvgIpc) is 2.83. The van der Waals surface area contributed by atoms with E-state index in [0.29, 0.717) is 18.9 Å². The lowest BCUT2D eigenvalue weighted by atomic mass is 9.99. The van der Waals surface area contributed by atoms with Crippen molar-refractivity contribution in [1.29, 1.82) is 0 Å². The predicted octanol–water partition coefficient (Wildman–Crippen LogP) is 2.32. The van der Waals surface area contributed by atoms with Gasteiger partial charge in [0.2, 0.25) is 5.91 Å². The van der Waals surface area contributed by atoms with Gasteiger partial charge in [0.15, 0.2) is 0 Å². The molecule has 0 radical (unpaired) electrons. The maximum atomic E-state index is 12.6. The number of carbonyl (C=O) groups excluding carboxylic acids is 1. The number of rotatable bonds is 2. The number of fused-ring (bicyclic) bond motifs is 1. The number of hydrogen-bond donors (Lipinski definition) is 1. The van der Waals surface area contributed by atoms with Crippen molar-refractivity contribution in [3.63, 3.8) is 0 Å². The average molecular weight is 274 g/mol. The van der Waals surface area contributed by atoms with E-state index in [9.17, 15) is 4.79 Å². The summed E-state index contributed by atoms with van der Waals surface area (Å²) >= 11 is 0. The minimum Gasteiger partial charge on any atom is -0.487 e. The van der Waals surface area contributed by atoms with Gasteiger partial charge in [-0.2, -0.15) is 0 Å². The van der Waals surface area contributed by atoms with Crippen LogP contribution in [0.15, 0.2) is 24.3 Å². The van der Waals surface area contributed by atoms with Gasteiger partial charge in [-0.3, -0.25) is 4.79 Å². The molecule has 1 amide bonds. The number of anilines is 1. The van der Waals surface area contributed by atoms with Gasteiger partial charge in [0.05, 0.1) is 12.2 Å². The third kappa shape index (κ3) is 2.52. The molecule has 1 fully saturated rings. The van der Waals surface area contributed by atoms with E-state index in [2.05, 4.69) is 0 Å². The van der Waals surface area contributed by atoms with Gasteiger partial charge in [0, 0.05) is 12.5 Å². The Balaban J connectivity index is 1.77. The van der Waals surface area contributed by atoms with Crippen molar-refractivity contribution >= 4 is 11.6 Å². The van der Waals surface area contributed by atoms with Gasteiger partial charge in [0.1, 0.15) is 11.9 Å². The molecule has 1 aromatic rings. The Morgan fingerprint density at radius 1 is 1.40 bits per heavy atom. The van der Waals surface area contributed by atoms with Crippen molar-refractivity contribution in [3.8, 4) is 5.75 Å². The first kappa shape index (κ1) is 13.4. The fourth-order valence-corrected chi connectivity index (χ4v) is 3.28. The van der Waals surface area contributed by atoms with Crippen LogP contribution in [-0.4, -0.2) is 24.6 Å². The van der Waals surface area contributed by atoms with E-state index < -0.39 is 0 Å². The third-order valence-electron chi connectivity index (χ3n) is 4.38. The normalized spacial score (nSPS) is 28.9. The second-order valence-electron chi connectivity index (χ2n) is 5.96. The molecule has 4 heteroatoms. The van der Waals surface area contributed by atoms with Crippen LogP contribution in [0.2, 0.25) is 0 Å². The van der Waals surface area contributed by atoms with Crippen LogP contribution in [0.5, 0.6) is 5.75 Å². The number of nitrogens with zero attached hydrogens (tertiary/aromatic N) is 1. The monoisotopic (exact) mass is 274 g/mol. The Labute approximate surface area is 119 Å². The molecule has 0 bridgehead atoms. The second-order valence-corrected chi connectivity index (χ2v) is 5.96. The molecule has 0 spiro atoms. The topological polar surface area (TPSA) is 55.6 Å². The van der Waals surface area contributed by atoms with E-state index in [-0.39, 0.29) is 18.1 Å². The highest BCUT2D eigenvalue weighted by molar-refractivity contribution is 5.95. The van der Waals surface area contributed by atoms with Gasteiger partial charge in [-0.25, -0.2) is 0 Å². The van der Waals surface area contributed by atoms with Crippen molar-refractivity contribution < 1.29 is 9.53 Å². The van der Waals surface area contributed by atoms with Crippen LogP contribution < -0.4 is 15.4 Å². The third-order valence-corrected chi connectivity index (χ3v) is 4.38. The molecule has 3 atom stereocenters. The maximum absolute atomic E-state index is 12.6. The molecule has 1 aliphatic carbocycles. The van der Waals surface area contributed by atoms with Gasteiger partial charge in [-0.1, -0.05) is 18.6 Å². The quantitative estimate of drug-likeness (QED) is 0.900. The summed E-state index contributed by atoms with van der Waals surface area (Å²) in [6.45, 7) is 2.62. The molecule has 2 N–H and O–H groups in total. The van der Waals surface area contributed by atoms with Crippen LogP contribution in [0.25, 0.3) is 0 Å². The largest absolute Gasteiger partial charge is 0.487 e. The van der Waals surface area contributed by atoms with E-state index in [0.717, 1.165) is 30.7 Å². The summed E-state index contributed by atoms with van der Waals surface area (Å²) in [6.07, 6.45) is 3.87. The summed E-state index contributed by atoms with van der Waals surface area (Å²) in [5.74, 6) is 1.32. The van der Waals surface area contributed by atoms with Crippen LogP contribution in [0.4, 0.5) is 5.69 Å². The molecule has 1 saturated carbocycles. The predicted molar refractivity (Wildman–Crippen MR) is 78.8 cm³/mol. The second kappa shape index (κ2) is 5.44. The summed E-state index contributed by atoms with van der Waals surface area (Å²) in [5, 5.41) is 0. The lowest BCUT2D eigenvalue weighted by molar-refractivity contribution is -0.120. The molecule has 4 nitrogen and oxygen atoms in total. The lowest BCUT2D eigenvalue weighted by Crippen LogP contribution is -2.43. The first-order valence-electron chi connectivity index (χ1n) is 7.47. The molecule has 3 rings (SSSR count). The Hall–Kier alpha value is -1.55. The van der Waals surface area contributed by atoms with Gasteiger partial charge in [-0.15, -0.1) is 0 Å². The number of hydrogen-bond acceptors (Lipinski definition) is 3. The number of nitrogens with two attached hydrogens (primary N) is 1. The van der Waals surface area contributed by atoms with Gasteiger partial charge in [0.25, 0.3) is 0 Å². The van der Waals surface area contributed by atoms with E-state index in [4.69, 9.17) is 10.5 Å². The summed E-state index contributed by atoms with van der Waals surface area (Å²) < 4.78 is 5.78. The molecule has 0 saturated heterocycles. The van der Waals surface area contributed by atoms with E-state index in [1.54, 1.807) is 0 Å². The number of carbonyl (C=O) groups is 1. The van der Waals surface area contributed by atoms with Crippen molar-refractivity contribution in [2.24, 2.45) is 11.7 Å². The fraction of sp³-hybridized carbons (Fsp3) is 0.562. The molecule has 1 aromatic carbocycles. The van der Waals surface area contributed by atoms with Gasteiger partial charge in [-0.05, 0) is 37.8 Å². The number of para-hydroxylation sites is 2. The van der Waals surface area contributed by atoms with Crippen molar-refractivity contribution in [1.82, 2.24) is 0 Å². The fourth-order valence-electron chi connectivity index (χ4n) is 3.28. The summed E-state index contributed by atoms with van der Waals surface area (Å²) in [7, 11) is 0. The van der Waals surface area contributed by atoms with Crippen LogP contribution in [0.3, 0.4) is 0 Å². The molecule has 108 valence electrons. The zero-order valence-electron chi connectivity index (χ0n) is 11.9. The molecular weight excluding hydrogens is 252 g/mol. The van der Waals surface area contributed by atoms with E-state index in [1.807, 2.05) is 36.1 Å².